The van der Waals surface area contributed by atoms with Crippen LogP contribution in [0.15, 0.2) is 60.7 Å². The molecule has 3 fully saturated rings. The quantitative estimate of drug-likeness (QED) is 0.463. The summed E-state index contributed by atoms with van der Waals surface area (Å²) in [5.41, 5.74) is 0.953. The number of esters is 1. The molecule has 0 aromatic heterocycles. The van der Waals surface area contributed by atoms with Gasteiger partial charge in [-0.1, -0.05) is 60.7 Å². The number of likely N-dealkylation sites (N-methyl/N-ethyl adjacent to an activating group) is 1. The lowest BCUT2D eigenvalue weighted by Crippen LogP contribution is -2.60. The highest BCUT2D eigenvalue weighted by Crippen LogP contribution is 2.61. The zero-order valence-electron chi connectivity index (χ0n) is 16.8. The number of carbonyl (C=O) groups excluding carboxylic acids is 1. The predicted octanol–water partition coefficient (Wildman–Crippen LogP) is 3.64. The Morgan fingerprint density at radius 1 is 1.04 bits per heavy atom. The lowest BCUT2D eigenvalue weighted by molar-refractivity contribution is -0.959. The first-order valence-corrected chi connectivity index (χ1v) is 10.2. The molecule has 0 amide bonds. The molecule has 3 aliphatic rings. The second-order valence-corrected chi connectivity index (χ2v) is 9.20. The summed E-state index contributed by atoms with van der Waals surface area (Å²) in [6, 6.07) is 20.4. The van der Waals surface area contributed by atoms with E-state index in [2.05, 4.69) is 14.1 Å². The lowest BCUT2D eigenvalue weighted by Gasteiger charge is -2.45. The fraction of sp³-hybridized carbons (Fsp3) is 0.458. The number of carbonyl (C=O) groups is 1. The number of rotatable bonds is 4. The van der Waals surface area contributed by atoms with Gasteiger partial charge < -0.3 is 9.47 Å². The molecule has 1 spiro atoms. The summed E-state index contributed by atoms with van der Waals surface area (Å²) in [5, 5.41) is 0. The van der Waals surface area contributed by atoms with Crippen molar-refractivity contribution in [2.45, 2.75) is 55.6 Å². The Labute approximate surface area is 166 Å². The molecule has 4 atom stereocenters. The van der Waals surface area contributed by atoms with Crippen molar-refractivity contribution < 1.29 is 18.8 Å². The Morgan fingerprint density at radius 3 is 2.14 bits per heavy atom. The van der Waals surface area contributed by atoms with Crippen molar-refractivity contribution in [2.75, 3.05) is 14.1 Å². The van der Waals surface area contributed by atoms with E-state index in [-0.39, 0.29) is 17.8 Å². The van der Waals surface area contributed by atoms with Gasteiger partial charge in [-0.25, -0.2) is 0 Å². The van der Waals surface area contributed by atoms with Crippen LogP contribution < -0.4 is 0 Å². The van der Waals surface area contributed by atoms with Gasteiger partial charge >= 0.3 is 5.97 Å². The molecule has 0 radical (unpaired) electrons. The summed E-state index contributed by atoms with van der Waals surface area (Å²) in [7, 11) is 4.52. The van der Waals surface area contributed by atoms with E-state index in [0.29, 0.717) is 12.1 Å². The second-order valence-electron chi connectivity index (χ2n) is 9.20. The molecule has 2 aromatic rings. The Balaban J connectivity index is 1.44. The van der Waals surface area contributed by atoms with E-state index in [1.165, 1.54) is 0 Å². The Hall–Kier alpha value is -2.17. The van der Waals surface area contributed by atoms with Crippen LogP contribution in [0.2, 0.25) is 0 Å². The third-order valence-electron chi connectivity index (χ3n) is 7.61. The molecule has 3 heterocycles. The Morgan fingerprint density at radius 2 is 1.61 bits per heavy atom. The minimum Gasteiger partial charge on any atom is -0.461 e. The summed E-state index contributed by atoms with van der Waals surface area (Å²) in [6.45, 7) is 1.98. The van der Waals surface area contributed by atoms with Crippen molar-refractivity contribution in [2.24, 2.45) is 0 Å². The molecule has 3 aliphatic heterocycles. The molecule has 146 valence electrons. The normalized spacial score (nSPS) is 32.5. The number of fused-ring (bicyclic) bond motifs is 1. The van der Waals surface area contributed by atoms with Gasteiger partial charge in [0.2, 0.25) is 5.72 Å². The standard InChI is InChI=1S/C24H28NO3/c1-23(17-10-6-4-7-11-17,18-12-8-5-9-13-18)22(26)27-20-14-19-15-21-24(16-20,28-21)25(19,2)3/h4-13,19-21H,14-16H2,1-3H3/q+1/t19?,20-,21+,24?/m0/s1. The summed E-state index contributed by atoms with van der Waals surface area (Å²) in [6.07, 6.45) is 3.05. The van der Waals surface area contributed by atoms with Gasteiger partial charge in [-0.15, -0.1) is 0 Å². The van der Waals surface area contributed by atoms with Crippen LogP contribution in [0.5, 0.6) is 0 Å². The minimum atomic E-state index is -0.829. The van der Waals surface area contributed by atoms with Crippen molar-refractivity contribution in [1.82, 2.24) is 0 Å². The van der Waals surface area contributed by atoms with Crippen molar-refractivity contribution >= 4 is 5.97 Å². The molecular formula is C24H28NO3+. The fourth-order valence-corrected chi connectivity index (χ4v) is 5.56. The van der Waals surface area contributed by atoms with Crippen LogP contribution in [0.25, 0.3) is 0 Å². The number of ether oxygens (including phenoxy) is 2. The topological polar surface area (TPSA) is 38.8 Å². The van der Waals surface area contributed by atoms with Crippen molar-refractivity contribution in [1.29, 1.82) is 0 Å². The average molecular weight is 378 g/mol. The van der Waals surface area contributed by atoms with E-state index in [9.17, 15) is 4.79 Å². The monoisotopic (exact) mass is 378 g/mol. The molecule has 0 aliphatic carbocycles. The third-order valence-corrected chi connectivity index (χ3v) is 7.61. The average Bonchev–Trinajstić information content (AvgIpc) is 3.38. The molecule has 3 saturated heterocycles. The van der Waals surface area contributed by atoms with E-state index in [1.54, 1.807) is 0 Å². The highest BCUT2D eigenvalue weighted by atomic mass is 16.6. The van der Waals surface area contributed by atoms with Gasteiger partial charge in [-0.2, -0.15) is 0 Å². The van der Waals surface area contributed by atoms with E-state index in [1.807, 2.05) is 67.6 Å². The maximum Gasteiger partial charge on any atom is 0.321 e. The van der Waals surface area contributed by atoms with Gasteiger partial charge in [0.05, 0.1) is 26.6 Å². The second kappa shape index (κ2) is 5.91. The fourth-order valence-electron chi connectivity index (χ4n) is 5.56. The zero-order valence-corrected chi connectivity index (χ0v) is 16.8. The van der Waals surface area contributed by atoms with Gasteiger partial charge in [0, 0.05) is 12.8 Å². The molecule has 4 heteroatoms. The smallest absolute Gasteiger partial charge is 0.321 e. The summed E-state index contributed by atoms with van der Waals surface area (Å²) in [4.78, 5) is 13.6. The SMILES string of the molecule is CC(C(=O)O[C@H]1CC2C[C@H]3OC3(C1)[N+]2(C)C)(c1ccccc1)c1ccccc1. The van der Waals surface area contributed by atoms with Crippen LogP contribution in [0, 0.1) is 0 Å². The highest BCUT2D eigenvalue weighted by Gasteiger charge is 2.78. The molecule has 2 aromatic carbocycles. The molecule has 2 bridgehead atoms. The minimum absolute atomic E-state index is 0.0806. The highest BCUT2D eigenvalue weighted by molar-refractivity contribution is 5.87. The van der Waals surface area contributed by atoms with Crippen LogP contribution in [-0.2, 0) is 19.7 Å². The van der Waals surface area contributed by atoms with E-state index < -0.39 is 5.41 Å². The van der Waals surface area contributed by atoms with Gasteiger partial charge in [-0.05, 0) is 18.1 Å². The Bertz CT molecular complexity index is 855. The van der Waals surface area contributed by atoms with Crippen LogP contribution in [0.3, 0.4) is 0 Å². The number of benzene rings is 2. The van der Waals surface area contributed by atoms with Crippen molar-refractivity contribution in [3.05, 3.63) is 71.8 Å². The predicted molar refractivity (Wildman–Crippen MR) is 107 cm³/mol. The zero-order chi connectivity index (χ0) is 19.6. The van der Waals surface area contributed by atoms with Gasteiger partial charge in [-0.3, -0.25) is 9.28 Å². The van der Waals surface area contributed by atoms with Crippen LogP contribution in [-0.4, -0.2) is 48.5 Å². The first kappa shape index (κ1) is 17.9. The maximum absolute atomic E-state index is 13.6. The first-order valence-electron chi connectivity index (χ1n) is 10.2. The third kappa shape index (κ3) is 2.34. The lowest BCUT2D eigenvalue weighted by atomic mass is 9.76. The van der Waals surface area contributed by atoms with E-state index in [4.69, 9.17) is 9.47 Å². The maximum atomic E-state index is 13.6. The van der Waals surface area contributed by atoms with Crippen LogP contribution in [0.1, 0.15) is 37.3 Å². The van der Waals surface area contributed by atoms with Gasteiger partial charge in [0.25, 0.3) is 0 Å². The number of quaternary nitrogens is 1. The van der Waals surface area contributed by atoms with Gasteiger partial charge in [0.15, 0.2) is 6.10 Å². The Kier molecular flexibility index (Phi) is 3.78. The number of hydrogen-bond donors (Lipinski definition) is 0. The van der Waals surface area contributed by atoms with E-state index in [0.717, 1.165) is 34.9 Å². The number of piperidine rings is 1. The van der Waals surface area contributed by atoms with Gasteiger partial charge in [0.1, 0.15) is 11.5 Å². The molecule has 4 nitrogen and oxygen atoms in total. The first-order chi connectivity index (χ1) is 13.4. The summed E-state index contributed by atoms with van der Waals surface area (Å²) in [5.74, 6) is -0.171. The van der Waals surface area contributed by atoms with Crippen molar-refractivity contribution in [3.8, 4) is 0 Å². The van der Waals surface area contributed by atoms with Crippen LogP contribution in [0.4, 0.5) is 0 Å². The molecule has 0 N–H and O–H groups in total. The molecule has 2 unspecified atom stereocenters. The number of epoxide rings is 1. The van der Waals surface area contributed by atoms with E-state index >= 15 is 0 Å². The molecule has 5 rings (SSSR count). The molecule has 28 heavy (non-hydrogen) atoms. The molecule has 0 saturated carbocycles. The van der Waals surface area contributed by atoms with Crippen molar-refractivity contribution in [3.63, 3.8) is 0 Å². The summed E-state index contributed by atoms with van der Waals surface area (Å²) < 4.78 is 13.2. The summed E-state index contributed by atoms with van der Waals surface area (Å²) >= 11 is 0. The number of hydrogen-bond acceptors (Lipinski definition) is 3. The molecular weight excluding hydrogens is 350 g/mol. The number of nitrogens with zero attached hydrogens (tertiary/aromatic N) is 1. The van der Waals surface area contributed by atoms with Crippen LogP contribution >= 0.6 is 0 Å². The largest absolute Gasteiger partial charge is 0.461 e.